The number of aliphatic imine (C=N–C) groups is 1. The van der Waals surface area contributed by atoms with E-state index in [0.717, 1.165) is 0 Å². The third-order valence-corrected chi connectivity index (χ3v) is 3.48. The van der Waals surface area contributed by atoms with Crippen LogP contribution < -0.4 is 33.2 Å². The summed E-state index contributed by atoms with van der Waals surface area (Å²) in [6, 6.07) is -3.59. The molecule has 0 heterocycles. The van der Waals surface area contributed by atoms with Crippen LogP contribution in [0.4, 0.5) is 0 Å². The average molecular weight is 417 g/mol. The Balaban J connectivity index is 4.90. The first kappa shape index (κ1) is 25.6. The second kappa shape index (κ2) is 12.9. The van der Waals surface area contributed by atoms with E-state index in [0.29, 0.717) is 6.42 Å². The Hall–Kier alpha value is -3.42. The van der Waals surface area contributed by atoms with Gasteiger partial charge in [0, 0.05) is 6.54 Å². The van der Waals surface area contributed by atoms with Crippen LogP contribution in [0.15, 0.2) is 4.99 Å². The van der Waals surface area contributed by atoms with E-state index >= 15 is 0 Å². The number of carbonyl (C=O) groups excluding carboxylic acids is 3. The van der Waals surface area contributed by atoms with Crippen LogP contribution in [0.25, 0.3) is 0 Å². The molecule has 0 rings (SSSR count). The minimum Gasteiger partial charge on any atom is -0.481 e. The first-order chi connectivity index (χ1) is 13.4. The lowest BCUT2D eigenvalue weighted by atomic mass is 10.1. The molecule has 14 heteroatoms. The van der Waals surface area contributed by atoms with Crippen molar-refractivity contribution in [3.05, 3.63) is 0 Å². The topological polar surface area (TPSA) is 252 Å². The number of carboxylic acid groups (broad SMARTS) is 2. The molecule has 0 saturated heterocycles. The lowest BCUT2D eigenvalue weighted by Gasteiger charge is -2.21. The van der Waals surface area contributed by atoms with E-state index in [-0.39, 0.29) is 18.9 Å². The van der Waals surface area contributed by atoms with Gasteiger partial charge in [-0.05, 0) is 19.8 Å². The van der Waals surface area contributed by atoms with E-state index in [1.807, 2.05) is 0 Å². The fourth-order valence-electron chi connectivity index (χ4n) is 2.02. The highest BCUT2D eigenvalue weighted by Gasteiger charge is 2.26. The zero-order valence-electron chi connectivity index (χ0n) is 15.9. The molecule has 0 spiro atoms. The van der Waals surface area contributed by atoms with Crippen LogP contribution in [0.1, 0.15) is 26.2 Å². The number of guanidine groups is 1. The van der Waals surface area contributed by atoms with E-state index in [1.54, 1.807) is 0 Å². The standard InChI is InChI=1S/C15H27N7O7/c1-7(21-13(28)8(16)5-10(23)24)12(27)22-9(3-2-4-19-15(17)18)14(29)20-6-11(25)26/h7-9H,2-6,16H2,1H3,(H,20,29)(H,21,28)(H,22,27)(H,23,24)(H,25,26)(H4,17,18,19). The summed E-state index contributed by atoms with van der Waals surface area (Å²) in [5.41, 5.74) is 15.8. The molecule has 0 aliphatic heterocycles. The Labute approximate surface area is 166 Å². The van der Waals surface area contributed by atoms with Gasteiger partial charge in [-0.15, -0.1) is 0 Å². The maximum atomic E-state index is 12.3. The summed E-state index contributed by atoms with van der Waals surface area (Å²) in [5.74, 6) is -5.04. The molecule has 0 aliphatic carbocycles. The van der Waals surface area contributed by atoms with Gasteiger partial charge < -0.3 is 43.4 Å². The summed E-state index contributed by atoms with van der Waals surface area (Å²) >= 11 is 0. The van der Waals surface area contributed by atoms with Gasteiger partial charge in [-0.2, -0.15) is 0 Å². The van der Waals surface area contributed by atoms with E-state index < -0.39 is 60.8 Å². The molecular formula is C15H27N7O7. The smallest absolute Gasteiger partial charge is 0.322 e. The number of nitrogens with zero attached hydrogens (tertiary/aromatic N) is 1. The zero-order valence-corrected chi connectivity index (χ0v) is 15.9. The SMILES string of the molecule is CC(NC(=O)C(N)CC(=O)O)C(=O)NC(CCCN=C(N)N)C(=O)NCC(=O)O. The van der Waals surface area contributed by atoms with Crippen molar-refractivity contribution in [3.63, 3.8) is 0 Å². The quantitative estimate of drug-likeness (QED) is 0.0819. The third-order valence-electron chi connectivity index (χ3n) is 3.48. The van der Waals surface area contributed by atoms with Gasteiger partial charge in [0.2, 0.25) is 17.7 Å². The van der Waals surface area contributed by atoms with Gasteiger partial charge in [0.05, 0.1) is 12.5 Å². The molecule has 0 bridgehead atoms. The maximum Gasteiger partial charge on any atom is 0.322 e. The molecule has 0 fully saturated rings. The number of nitrogens with two attached hydrogens (primary N) is 3. The van der Waals surface area contributed by atoms with E-state index in [2.05, 4.69) is 20.9 Å². The van der Waals surface area contributed by atoms with Crippen LogP contribution in [0.3, 0.4) is 0 Å². The van der Waals surface area contributed by atoms with Gasteiger partial charge >= 0.3 is 11.9 Å². The number of rotatable bonds is 13. The monoisotopic (exact) mass is 417 g/mol. The second-order valence-electron chi connectivity index (χ2n) is 6.06. The molecule has 3 amide bonds. The number of aliphatic carboxylic acids is 2. The van der Waals surface area contributed by atoms with E-state index in [4.69, 9.17) is 27.4 Å². The minimum absolute atomic E-state index is 0.0904. The highest BCUT2D eigenvalue weighted by atomic mass is 16.4. The van der Waals surface area contributed by atoms with Crippen molar-refractivity contribution in [2.75, 3.05) is 13.1 Å². The fourth-order valence-corrected chi connectivity index (χ4v) is 2.02. The fraction of sp³-hybridized carbons (Fsp3) is 0.600. The summed E-state index contributed by atoms with van der Waals surface area (Å²) < 4.78 is 0. The predicted octanol–water partition coefficient (Wildman–Crippen LogP) is -3.97. The molecule has 0 saturated carbocycles. The molecule has 11 N–H and O–H groups in total. The highest BCUT2D eigenvalue weighted by molar-refractivity contribution is 5.94. The molecule has 0 aromatic heterocycles. The Morgan fingerprint density at radius 1 is 0.966 bits per heavy atom. The van der Waals surface area contributed by atoms with E-state index in [1.165, 1.54) is 6.92 Å². The Bertz CT molecular complexity index is 649. The average Bonchev–Trinajstić information content (AvgIpc) is 2.60. The van der Waals surface area contributed by atoms with Crippen molar-refractivity contribution in [1.82, 2.24) is 16.0 Å². The van der Waals surface area contributed by atoms with Crippen LogP contribution in [0.2, 0.25) is 0 Å². The number of hydrogen-bond donors (Lipinski definition) is 8. The molecule has 3 unspecified atom stereocenters. The molecule has 14 nitrogen and oxygen atoms in total. The van der Waals surface area contributed by atoms with Crippen LogP contribution >= 0.6 is 0 Å². The molecule has 0 aromatic rings. The largest absolute Gasteiger partial charge is 0.481 e. The lowest BCUT2D eigenvalue weighted by Crippen LogP contribution is -2.55. The number of nitrogens with one attached hydrogen (secondary N) is 3. The predicted molar refractivity (Wildman–Crippen MR) is 100 cm³/mol. The summed E-state index contributed by atoms with van der Waals surface area (Å²) in [7, 11) is 0. The Morgan fingerprint density at radius 2 is 1.59 bits per heavy atom. The normalized spacial score (nSPS) is 13.3. The summed E-state index contributed by atoms with van der Waals surface area (Å²) in [6.45, 7) is 0.846. The molecule has 0 radical (unpaired) electrons. The molecule has 0 aliphatic rings. The van der Waals surface area contributed by atoms with E-state index in [9.17, 15) is 24.0 Å². The van der Waals surface area contributed by atoms with Crippen molar-refractivity contribution in [3.8, 4) is 0 Å². The first-order valence-corrected chi connectivity index (χ1v) is 8.57. The molecular weight excluding hydrogens is 390 g/mol. The van der Waals surface area contributed by atoms with Crippen molar-refractivity contribution in [1.29, 1.82) is 0 Å². The van der Waals surface area contributed by atoms with Gasteiger partial charge in [-0.25, -0.2) is 0 Å². The summed E-state index contributed by atoms with van der Waals surface area (Å²) in [4.78, 5) is 61.1. The van der Waals surface area contributed by atoms with Gasteiger partial charge in [-0.1, -0.05) is 0 Å². The van der Waals surface area contributed by atoms with Crippen molar-refractivity contribution in [2.45, 2.75) is 44.3 Å². The second-order valence-corrected chi connectivity index (χ2v) is 6.06. The van der Waals surface area contributed by atoms with Crippen LogP contribution in [0, 0.1) is 0 Å². The van der Waals surface area contributed by atoms with Crippen molar-refractivity contribution < 1.29 is 34.2 Å². The van der Waals surface area contributed by atoms with Crippen LogP contribution in [0.5, 0.6) is 0 Å². The van der Waals surface area contributed by atoms with Crippen molar-refractivity contribution in [2.24, 2.45) is 22.2 Å². The van der Waals surface area contributed by atoms with Gasteiger partial charge in [0.15, 0.2) is 5.96 Å². The summed E-state index contributed by atoms with van der Waals surface area (Å²) in [5, 5.41) is 24.1. The number of carboxylic acids is 2. The van der Waals surface area contributed by atoms with Crippen molar-refractivity contribution >= 4 is 35.6 Å². The zero-order chi connectivity index (χ0) is 22.6. The number of hydrogen-bond acceptors (Lipinski definition) is 7. The molecule has 164 valence electrons. The molecule has 29 heavy (non-hydrogen) atoms. The maximum absolute atomic E-state index is 12.3. The Kier molecular flexibility index (Phi) is 11.4. The third kappa shape index (κ3) is 11.8. The molecule has 3 atom stereocenters. The first-order valence-electron chi connectivity index (χ1n) is 8.57. The minimum atomic E-state index is -1.35. The van der Waals surface area contributed by atoms with Gasteiger partial charge in [-0.3, -0.25) is 29.0 Å². The van der Waals surface area contributed by atoms with Crippen LogP contribution in [-0.4, -0.2) is 77.0 Å². The summed E-state index contributed by atoms with van der Waals surface area (Å²) in [6.07, 6.45) is -0.230. The number of amides is 3. The lowest BCUT2D eigenvalue weighted by molar-refractivity contribution is -0.139. The highest BCUT2D eigenvalue weighted by Crippen LogP contribution is 2.00. The van der Waals surface area contributed by atoms with Gasteiger partial charge in [0.25, 0.3) is 0 Å². The van der Waals surface area contributed by atoms with Gasteiger partial charge in [0.1, 0.15) is 18.6 Å². The molecule has 0 aromatic carbocycles. The Morgan fingerprint density at radius 3 is 2.10 bits per heavy atom. The van der Waals surface area contributed by atoms with Crippen LogP contribution in [-0.2, 0) is 24.0 Å². The number of carbonyl (C=O) groups is 5.